The van der Waals surface area contributed by atoms with Crippen molar-refractivity contribution in [2.45, 2.75) is 31.1 Å². The highest BCUT2D eigenvalue weighted by atomic mass is 16.2. The van der Waals surface area contributed by atoms with E-state index in [1.54, 1.807) is 11.9 Å². The number of hydrogen-bond acceptors (Lipinski definition) is 3. The van der Waals surface area contributed by atoms with Gasteiger partial charge in [0.05, 0.1) is 18.1 Å². The summed E-state index contributed by atoms with van der Waals surface area (Å²) in [6, 6.07) is 18.7. The fraction of sp³-hybridized carbons (Fsp3) is 0.300. The van der Waals surface area contributed by atoms with Crippen molar-refractivity contribution in [3.05, 3.63) is 71.8 Å². The molecule has 5 nitrogen and oxygen atoms in total. The van der Waals surface area contributed by atoms with E-state index in [0.717, 1.165) is 11.1 Å². The Morgan fingerprint density at radius 3 is 2.12 bits per heavy atom. The molecule has 3 amide bonds. The number of imide groups is 1. The van der Waals surface area contributed by atoms with Crippen LogP contribution < -0.4 is 5.32 Å². The molecule has 5 heteroatoms. The topological polar surface area (TPSA) is 62.6 Å². The maximum atomic E-state index is 13.1. The van der Waals surface area contributed by atoms with Crippen molar-refractivity contribution in [2.24, 2.45) is 0 Å². The van der Waals surface area contributed by atoms with Crippen LogP contribution in [0.4, 0.5) is 4.79 Å². The van der Waals surface area contributed by atoms with Gasteiger partial charge >= 0.3 is 6.03 Å². The molecule has 0 radical (unpaired) electrons. The first kappa shape index (κ1) is 15.8. The van der Waals surface area contributed by atoms with E-state index in [0.29, 0.717) is 0 Å². The van der Waals surface area contributed by atoms with Gasteiger partial charge in [0, 0.05) is 7.05 Å². The third-order valence-electron chi connectivity index (χ3n) is 5.24. The summed E-state index contributed by atoms with van der Waals surface area (Å²) in [5, 5.41) is 3.22. The van der Waals surface area contributed by atoms with Crippen LogP contribution in [0.15, 0.2) is 60.7 Å². The summed E-state index contributed by atoms with van der Waals surface area (Å²) in [5.41, 5.74) is 2.06. The molecule has 0 aromatic heterocycles. The Morgan fingerprint density at radius 1 is 0.960 bits per heavy atom. The first-order valence-electron chi connectivity index (χ1n) is 8.55. The van der Waals surface area contributed by atoms with Gasteiger partial charge in [0.15, 0.2) is 0 Å². The van der Waals surface area contributed by atoms with Crippen LogP contribution in [0.25, 0.3) is 0 Å². The van der Waals surface area contributed by atoms with Gasteiger partial charge in [-0.3, -0.25) is 15.0 Å². The minimum atomic E-state index is -0.337. The molecule has 2 aliphatic heterocycles. The van der Waals surface area contributed by atoms with Gasteiger partial charge in [-0.15, -0.1) is 0 Å². The Morgan fingerprint density at radius 2 is 1.52 bits per heavy atom. The molecule has 2 heterocycles. The maximum absolute atomic E-state index is 13.1. The van der Waals surface area contributed by atoms with Gasteiger partial charge in [-0.05, 0) is 18.1 Å². The van der Waals surface area contributed by atoms with Crippen molar-refractivity contribution in [3.8, 4) is 0 Å². The third kappa shape index (κ3) is 2.61. The molecule has 2 aromatic carbocycles. The summed E-state index contributed by atoms with van der Waals surface area (Å²) in [5.74, 6) is -0.149. The van der Waals surface area contributed by atoms with Gasteiger partial charge in [0.25, 0.3) is 0 Å². The summed E-state index contributed by atoms with van der Waals surface area (Å²) >= 11 is 0. The first-order valence-corrected chi connectivity index (χ1v) is 8.55. The highest BCUT2D eigenvalue weighted by Gasteiger charge is 2.53. The molecule has 2 fully saturated rings. The van der Waals surface area contributed by atoms with E-state index in [1.807, 2.05) is 67.6 Å². The zero-order valence-corrected chi connectivity index (χ0v) is 14.3. The molecular formula is C20H21N3O2. The number of amides is 3. The Hall–Kier alpha value is -2.66. The fourth-order valence-corrected chi connectivity index (χ4v) is 3.65. The third-order valence-corrected chi connectivity index (χ3v) is 5.24. The standard InChI is InChI=1S/C20H21N3O2/c1-13-18(15-11-7-4-8-12-15)23(20(25)22(13)2)19(24)17-16(21-17)14-9-5-3-6-10-14/h3-13,16-18,21H,1-2H3/t13-,16-,17-,18-/m0/s1. The number of likely N-dealkylation sites (N-methyl/N-ethyl adjacent to an activating group) is 1. The van der Waals surface area contributed by atoms with Crippen molar-refractivity contribution in [1.82, 2.24) is 15.1 Å². The molecule has 4 rings (SSSR count). The normalized spacial score (nSPS) is 28.3. The van der Waals surface area contributed by atoms with E-state index in [-0.39, 0.29) is 36.1 Å². The SMILES string of the molecule is C[C@H]1[C@@H](c2ccccc2)N(C(=O)[C@H]2N[C@H]2c2ccccc2)C(=O)N1C. The van der Waals surface area contributed by atoms with Gasteiger partial charge in [-0.2, -0.15) is 0 Å². The van der Waals surface area contributed by atoms with E-state index < -0.39 is 0 Å². The van der Waals surface area contributed by atoms with Crippen LogP contribution in [-0.4, -0.2) is 40.9 Å². The smallest absolute Gasteiger partial charge is 0.322 e. The molecule has 0 bridgehead atoms. The number of hydrogen-bond donors (Lipinski definition) is 1. The van der Waals surface area contributed by atoms with Gasteiger partial charge in [-0.1, -0.05) is 60.7 Å². The molecular weight excluding hydrogens is 314 g/mol. The van der Waals surface area contributed by atoms with Crippen LogP contribution in [-0.2, 0) is 4.79 Å². The molecule has 0 saturated carbocycles. The van der Waals surface area contributed by atoms with E-state index in [4.69, 9.17) is 0 Å². The average molecular weight is 335 g/mol. The fourth-order valence-electron chi connectivity index (χ4n) is 3.65. The molecule has 25 heavy (non-hydrogen) atoms. The minimum Gasteiger partial charge on any atom is -0.322 e. The average Bonchev–Trinajstić information content (AvgIpc) is 3.42. The van der Waals surface area contributed by atoms with Crippen molar-refractivity contribution < 1.29 is 9.59 Å². The molecule has 4 atom stereocenters. The van der Waals surface area contributed by atoms with Gasteiger partial charge in [-0.25, -0.2) is 4.79 Å². The number of nitrogens with one attached hydrogen (secondary N) is 1. The van der Waals surface area contributed by atoms with E-state index >= 15 is 0 Å². The summed E-state index contributed by atoms with van der Waals surface area (Å²) in [4.78, 5) is 28.9. The van der Waals surface area contributed by atoms with Crippen LogP contribution in [0.5, 0.6) is 0 Å². The monoisotopic (exact) mass is 335 g/mol. The Balaban J connectivity index is 1.61. The lowest BCUT2D eigenvalue weighted by atomic mass is 10.00. The number of carbonyl (C=O) groups is 2. The Labute approximate surface area is 147 Å². The maximum Gasteiger partial charge on any atom is 0.327 e. The second-order valence-electron chi connectivity index (χ2n) is 6.73. The zero-order chi connectivity index (χ0) is 17.6. The summed E-state index contributed by atoms with van der Waals surface area (Å²) in [6.07, 6.45) is 0. The lowest BCUT2D eigenvalue weighted by molar-refractivity contribution is -0.129. The van der Waals surface area contributed by atoms with Crippen molar-refractivity contribution >= 4 is 11.9 Å². The zero-order valence-electron chi connectivity index (χ0n) is 14.3. The summed E-state index contributed by atoms with van der Waals surface area (Å²) in [7, 11) is 1.76. The lowest BCUT2D eigenvalue weighted by Crippen LogP contribution is -2.39. The first-order chi connectivity index (χ1) is 12.1. The minimum absolute atomic E-state index is 0.0147. The number of urea groups is 1. The Kier molecular flexibility index (Phi) is 3.81. The van der Waals surface area contributed by atoms with Crippen molar-refractivity contribution in [3.63, 3.8) is 0 Å². The molecule has 0 unspecified atom stereocenters. The van der Waals surface area contributed by atoms with Gasteiger partial charge in [0.1, 0.15) is 6.04 Å². The van der Waals surface area contributed by atoms with Crippen molar-refractivity contribution in [2.75, 3.05) is 7.05 Å². The predicted molar refractivity (Wildman–Crippen MR) is 94.8 cm³/mol. The number of rotatable bonds is 3. The molecule has 0 spiro atoms. The van der Waals surface area contributed by atoms with Gasteiger partial charge < -0.3 is 4.90 Å². The summed E-state index contributed by atoms with van der Waals surface area (Å²) in [6.45, 7) is 1.98. The quantitative estimate of drug-likeness (QED) is 0.877. The van der Waals surface area contributed by atoms with Crippen LogP contribution >= 0.6 is 0 Å². The lowest BCUT2D eigenvalue weighted by Gasteiger charge is -2.24. The van der Waals surface area contributed by atoms with Crippen molar-refractivity contribution in [1.29, 1.82) is 0 Å². The van der Waals surface area contributed by atoms with Crippen LogP contribution in [0.2, 0.25) is 0 Å². The molecule has 128 valence electrons. The molecule has 2 aliphatic rings. The van der Waals surface area contributed by atoms with Crippen LogP contribution in [0, 0.1) is 0 Å². The second kappa shape index (κ2) is 6.01. The largest absolute Gasteiger partial charge is 0.327 e. The van der Waals surface area contributed by atoms with Gasteiger partial charge in [0.2, 0.25) is 5.91 Å². The molecule has 1 N–H and O–H groups in total. The molecule has 2 aromatic rings. The second-order valence-corrected chi connectivity index (χ2v) is 6.73. The summed E-state index contributed by atoms with van der Waals surface area (Å²) < 4.78 is 0. The molecule has 2 saturated heterocycles. The predicted octanol–water partition coefficient (Wildman–Crippen LogP) is 2.72. The highest BCUT2D eigenvalue weighted by molar-refractivity contribution is 6.01. The van der Waals surface area contributed by atoms with E-state index in [2.05, 4.69) is 5.32 Å². The number of nitrogens with zero attached hydrogens (tertiary/aromatic N) is 2. The van der Waals surface area contributed by atoms with E-state index in [9.17, 15) is 9.59 Å². The number of benzene rings is 2. The Bertz CT molecular complexity index is 793. The molecule has 0 aliphatic carbocycles. The van der Waals surface area contributed by atoms with Crippen LogP contribution in [0.1, 0.15) is 30.1 Å². The van der Waals surface area contributed by atoms with Crippen LogP contribution in [0.3, 0.4) is 0 Å². The number of carbonyl (C=O) groups excluding carboxylic acids is 2. The highest BCUT2D eigenvalue weighted by Crippen LogP contribution is 2.38. The van der Waals surface area contributed by atoms with E-state index in [1.165, 1.54) is 4.90 Å².